The Morgan fingerprint density at radius 3 is 2.85 bits per heavy atom. The van der Waals surface area contributed by atoms with Crippen LogP contribution in [0.3, 0.4) is 0 Å². The molecule has 104 valence electrons. The number of hydrogen-bond acceptors (Lipinski definition) is 3. The lowest BCUT2D eigenvalue weighted by molar-refractivity contribution is -0.142. The van der Waals surface area contributed by atoms with Gasteiger partial charge < -0.3 is 5.11 Å². The van der Waals surface area contributed by atoms with Crippen molar-refractivity contribution in [1.29, 1.82) is 0 Å². The second-order valence-corrected chi connectivity index (χ2v) is 6.28. The van der Waals surface area contributed by atoms with Gasteiger partial charge in [-0.3, -0.25) is 4.79 Å². The van der Waals surface area contributed by atoms with Gasteiger partial charge in [-0.25, -0.2) is 4.98 Å². The highest BCUT2D eigenvalue weighted by atomic mass is 32.1. The van der Waals surface area contributed by atoms with Gasteiger partial charge in [0.25, 0.3) is 0 Å². The average Bonchev–Trinajstić information content (AvgIpc) is 3.09. The van der Waals surface area contributed by atoms with E-state index in [1.807, 2.05) is 18.2 Å². The van der Waals surface area contributed by atoms with Crippen LogP contribution in [0.5, 0.6) is 0 Å². The zero-order chi connectivity index (χ0) is 13.9. The molecular weight excluding hydrogens is 270 g/mol. The molecule has 2 unspecified atom stereocenters. The number of thiazole rings is 1. The van der Waals surface area contributed by atoms with E-state index in [1.54, 1.807) is 11.3 Å². The van der Waals surface area contributed by atoms with E-state index in [0.717, 1.165) is 41.9 Å². The van der Waals surface area contributed by atoms with E-state index >= 15 is 0 Å². The van der Waals surface area contributed by atoms with Gasteiger partial charge in [-0.15, -0.1) is 11.3 Å². The van der Waals surface area contributed by atoms with E-state index < -0.39 is 5.97 Å². The normalized spacial score (nSPS) is 22.0. The van der Waals surface area contributed by atoms with Crippen molar-refractivity contribution in [3.8, 4) is 11.3 Å². The van der Waals surface area contributed by atoms with Crippen molar-refractivity contribution >= 4 is 17.3 Å². The third-order valence-electron chi connectivity index (χ3n) is 4.03. The van der Waals surface area contributed by atoms with Gasteiger partial charge in [0.05, 0.1) is 16.6 Å². The minimum absolute atomic E-state index is 0.181. The molecule has 1 aliphatic carbocycles. The van der Waals surface area contributed by atoms with E-state index in [2.05, 4.69) is 22.5 Å². The van der Waals surface area contributed by atoms with Crippen LogP contribution in [0.1, 0.15) is 24.3 Å². The van der Waals surface area contributed by atoms with Crippen LogP contribution in [0.4, 0.5) is 0 Å². The molecule has 4 heteroatoms. The van der Waals surface area contributed by atoms with Crippen LogP contribution >= 0.6 is 11.3 Å². The Kier molecular flexibility index (Phi) is 3.83. The highest BCUT2D eigenvalue weighted by Gasteiger charge is 2.33. The van der Waals surface area contributed by atoms with Crippen molar-refractivity contribution in [1.82, 2.24) is 4.98 Å². The molecule has 3 nitrogen and oxygen atoms in total. The largest absolute Gasteiger partial charge is 0.481 e. The Labute approximate surface area is 122 Å². The number of rotatable bonds is 4. The van der Waals surface area contributed by atoms with Gasteiger partial charge in [0.1, 0.15) is 0 Å². The molecule has 0 saturated heterocycles. The molecule has 1 saturated carbocycles. The van der Waals surface area contributed by atoms with Gasteiger partial charge in [0.15, 0.2) is 0 Å². The van der Waals surface area contributed by atoms with Gasteiger partial charge in [-0.1, -0.05) is 36.8 Å². The molecule has 1 heterocycles. The summed E-state index contributed by atoms with van der Waals surface area (Å²) < 4.78 is 0. The Balaban J connectivity index is 1.73. The summed E-state index contributed by atoms with van der Waals surface area (Å²) in [6.45, 7) is 0. The molecule has 20 heavy (non-hydrogen) atoms. The van der Waals surface area contributed by atoms with Crippen molar-refractivity contribution in [2.45, 2.75) is 25.7 Å². The summed E-state index contributed by atoms with van der Waals surface area (Å²) in [6, 6.07) is 10.1. The monoisotopic (exact) mass is 287 g/mol. The number of aromatic nitrogens is 1. The minimum Gasteiger partial charge on any atom is -0.481 e. The lowest BCUT2D eigenvalue weighted by Gasteiger charge is -2.13. The lowest BCUT2D eigenvalue weighted by Crippen LogP contribution is -2.19. The number of nitrogens with zero attached hydrogens (tertiary/aromatic N) is 1. The van der Waals surface area contributed by atoms with Crippen LogP contribution in [-0.2, 0) is 11.2 Å². The zero-order valence-corrected chi connectivity index (χ0v) is 12.0. The van der Waals surface area contributed by atoms with Crippen LogP contribution in [0, 0.1) is 11.8 Å². The van der Waals surface area contributed by atoms with Crippen molar-refractivity contribution in [2.75, 3.05) is 0 Å². The molecule has 1 fully saturated rings. The smallest absolute Gasteiger partial charge is 0.306 e. The van der Waals surface area contributed by atoms with Crippen molar-refractivity contribution in [3.05, 3.63) is 40.7 Å². The van der Waals surface area contributed by atoms with Gasteiger partial charge in [0.2, 0.25) is 0 Å². The quantitative estimate of drug-likeness (QED) is 0.929. The van der Waals surface area contributed by atoms with Gasteiger partial charge in [0, 0.05) is 17.4 Å². The summed E-state index contributed by atoms with van der Waals surface area (Å²) in [5.74, 6) is -0.575. The Hall–Kier alpha value is -1.68. The molecule has 1 N–H and O–H groups in total. The summed E-state index contributed by atoms with van der Waals surface area (Å²) in [5, 5.41) is 12.4. The molecule has 1 aliphatic rings. The average molecular weight is 287 g/mol. The fraction of sp³-hybridized carbons (Fsp3) is 0.375. The third kappa shape index (κ3) is 2.75. The fourth-order valence-corrected chi connectivity index (χ4v) is 3.87. The maximum absolute atomic E-state index is 11.2. The van der Waals surface area contributed by atoms with E-state index in [0.29, 0.717) is 0 Å². The highest BCUT2D eigenvalue weighted by molar-refractivity contribution is 7.09. The zero-order valence-electron chi connectivity index (χ0n) is 11.2. The number of benzene rings is 1. The van der Waals surface area contributed by atoms with Crippen LogP contribution < -0.4 is 0 Å². The minimum atomic E-state index is -0.646. The van der Waals surface area contributed by atoms with Crippen molar-refractivity contribution in [3.63, 3.8) is 0 Å². The van der Waals surface area contributed by atoms with E-state index in [4.69, 9.17) is 0 Å². The van der Waals surface area contributed by atoms with Gasteiger partial charge in [-0.05, 0) is 18.8 Å². The molecule has 3 rings (SSSR count). The fourth-order valence-electron chi connectivity index (χ4n) is 2.98. The second-order valence-electron chi connectivity index (χ2n) is 5.33. The first kappa shape index (κ1) is 13.3. The van der Waals surface area contributed by atoms with E-state index in [9.17, 15) is 9.90 Å². The van der Waals surface area contributed by atoms with E-state index in [1.165, 1.54) is 0 Å². The highest BCUT2D eigenvalue weighted by Crippen LogP contribution is 2.35. The van der Waals surface area contributed by atoms with Crippen molar-refractivity contribution in [2.24, 2.45) is 11.8 Å². The first-order valence-corrected chi connectivity index (χ1v) is 7.84. The maximum atomic E-state index is 11.2. The molecule has 1 aromatic carbocycles. The third-order valence-corrected chi connectivity index (χ3v) is 4.91. The maximum Gasteiger partial charge on any atom is 0.306 e. The standard InChI is InChI=1S/C16H17NO2S/c18-16(19)13-8-4-7-12(13)9-15-17-14(10-20-15)11-5-2-1-3-6-11/h1-3,5-6,10,12-13H,4,7-9H2,(H,18,19). The van der Waals surface area contributed by atoms with Crippen LogP contribution in [0.15, 0.2) is 35.7 Å². The van der Waals surface area contributed by atoms with E-state index in [-0.39, 0.29) is 11.8 Å². The van der Waals surface area contributed by atoms with Crippen LogP contribution in [0.2, 0.25) is 0 Å². The number of carbonyl (C=O) groups is 1. The lowest BCUT2D eigenvalue weighted by atomic mass is 9.93. The molecule has 1 aromatic heterocycles. The first-order valence-electron chi connectivity index (χ1n) is 6.96. The predicted octanol–water partition coefficient (Wildman–Crippen LogP) is 3.85. The topological polar surface area (TPSA) is 50.2 Å². The summed E-state index contributed by atoms with van der Waals surface area (Å²) in [5.41, 5.74) is 2.12. The van der Waals surface area contributed by atoms with Crippen LogP contribution in [-0.4, -0.2) is 16.1 Å². The summed E-state index contributed by atoms with van der Waals surface area (Å²) in [7, 11) is 0. The molecule has 2 aromatic rings. The summed E-state index contributed by atoms with van der Waals surface area (Å²) in [4.78, 5) is 15.9. The Morgan fingerprint density at radius 2 is 2.10 bits per heavy atom. The SMILES string of the molecule is O=C(O)C1CCCC1Cc1nc(-c2ccccc2)cs1. The number of aliphatic carboxylic acids is 1. The number of hydrogen-bond donors (Lipinski definition) is 1. The van der Waals surface area contributed by atoms with Crippen molar-refractivity contribution < 1.29 is 9.90 Å². The first-order chi connectivity index (χ1) is 9.74. The number of carboxylic acid groups (broad SMARTS) is 1. The molecule has 0 spiro atoms. The summed E-state index contributed by atoms with van der Waals surface area (Å²) >= 11 is 1.64. The van der Waals surface area contributed by atoms with Gasteiger partial charge >= 0.3 is 5.97 Å². The van der Waals surface area contributed by atoms with Gasteiger partial charge in [-0.2, -0.15) is 0 Å². The molecule has 0 aliphatic heterocycles. The summed E-state index contributed by atoms with van der Waals surface area (Å²) in [6.07, 6.45) is 3.65. The molecule has 0 amide bonds. The molecular formula is C16H17NO2S. The molecule has 0 radical (unpaired) electrons. The molecule has 0 bridgehead atoms. The second kappa shape index (κ2) is 5.75. The number of carboxylic acids is 1. The van der Waals surface area contributed by atoms with Crippen LogP contribution in [0.25, 0.3) is 11.3 Å². The molecule has 2 atom stereocenters. The Morgan fingerprint density at radius 1 is 1.30 bits per heavy atom. The predicted molar refractivity (Wildman–Crippen MR) is 79.7 cm³/mol. The Bertz CT molecular complexity index is 594.